The van der Waals surface area contributed by atoms with Crippen LogP contribution in [0.1, 0.15) is 4.88 Å². The molecule has 0 aromatic carbocycles. The Balaban J connectivity index is 1.85. The monoisotopic (exact) mass is 220 g/mol. The maximum atomic E-state index is 8.78. The minimum atomic E-state index is 0.257. The van der Waals surface area contributed by atoms with Gasteiger partial charge in [0, 0.05) is 23.6 Å². The smallest absolute Gasteiger partial charge is 0.270 e. The highest BCUT2D eigenvalue weighted by atomic mass is 32.1. The maximum absolute atomic E-state index is 8.78. The Labute approximate surface area is 93.8 Å². The predicted octanol–water partition coefficient (Wildman–Crippen LogP) is 1.10. The molecule has 0 amide bonds. The molecule has 0 atom stereocenters. The van der Waals surface area contributed by atoms with Crippen LogP contribution in [0.3, 0.4) is 0 Å². The van der Waals surface area contributed by atoms with Gasteiger partial charge in [-0.25, -0.2) is 10.2 Å². The second-order valence-corrected chi connectivity index (χ2v) is 4.99. The van der Waals surface area contributed by atoms with E-state index >= 15 is 0 Å². The van der Waals surface area contributed by atoms with Crippen LogP contribution in [0.15, 0.2) is 6.20 Å². The van der Waals surface area contributed by atoms with E-state index in [9.17, 15) is 0 Å². The lowest BCUT2D eigenvalue weighted by atomic mass is 9.45. The molecule has 4 nitrogen and oxygen atoms in total. The Bertz CT molecular complexity index is 364. The van der Waals surface area contributed by atoms with Crippen LogP contribution in [0.2, 0.25) is 12.6 Å². The van der Waals surface area contributed by atoms with Crippen molar-refractivity contribution in [2.45, 2.75) is 19.2 Å². The lowest BCUT2D eigenvalue weighted by molar-refractivity contribution is 0.287. The quantitative estimate of drug-likeness (QED) is 0.758. The molecular formula is C9H13BN4S. The highest BCUT2D eigenvalue weighted by Crippen LogP contribution is 2.19. The fraction of sp³-hybridized carbons (Fsp3) is 0.556. The van der Waals surface area contributed by atoms with E-state index in [0.29, 0.717) is 5.13 Å². The van der Waals surface area contributed by atoms with Crippen LogP contribution in [-0.2, 0) is 6.54 Å². The third-order valence-corrected chi connectivity index (χ3v) is 3.53. The van der Waals surface area contributed by atoms with Crippen molar-refractivity contribution in [1.29, 1.82) is 5.26 Å². The molecule has 0 saturated carbocycles. The van der Waals surface area contributed by atoms with E-state index in [0.717, 1.165) is 32.3 Å². The summed E-state index contributed by atoms with van der Waals surface area (Å²) in [5.74, 6) is 2.34. The first-order chi connectivity index (χ1) is 7.28. The van der Waals surface area contributed by atoms with Gasteiger partial charge in [-0.3, -0.25) is 4.90 Å². The maximum Gasteiger partial charge on any atom is 0.270 e. The minimum Gasteiger partial charge on any atom is -0.375 e. The van der Waals surface area contributed by atoms with Gasteiger partial charge < -0.3 is 5.73 Å². The molecule has 0 unspecified atom stereocenters. The Morgan fingerprint density at radius 3 is 2.87 bits per heavy atom. The molecular weight excluding hydrogens is 207 g/mol. The standard InChI is InChI=1S/C9H13BN4S/c11-7-10-1-3-14(4-2-10)6-8-5-13-9(12)15-8/h5H,1-4,6H2,(H2,12,13). The number of anilines is 1. The van der Waals surface area contributed by atoms with Gasteiger partial charge in [0.05, 0.1) is 0 Å². The lowest BCUT2D eigenvalue weighted by Gasteiger charge is -2.26. The van der Waals surface area contributed by atoms with Crippen molar-refractivity contribution in [1.82, 2.24) is 9.88 Å². The molecule has 1 fully saturated rings. The molecule has 0 radical (unpaired) electrons. The summed E-state index contributed by atoms with van der Waals surface area (Å²) in [5.41, 5.74) is 5.57. The molecule has 1 aromatic heterocycles. The molecule has 1 aliphatic rings. The average molecular weight is 220 g/mol. The molecule has 15 heavy (non-hydrogen) atoms. The minimum absolute atomic E-state index is 0.257. The number of nitrogens with zero attached hydrogens (tertiary/aromatic N) is 3. The second-order valence-electron chi connectivity index (χ2n) is 3.84. The van der Waals surface area contributed by atoms with Gasteiger partial charge in [-0.2, -0.15) is 0 Å². The summed E-state index contributed by atoms with van der Waals surface area (Å²) in [6.45, 7) is 3.20. The SMILES string of the molecule is N#CB1CCN(Cc2cnc(N)s2)CC1. The van der Waals surface area contributed by atoms with E-state index in [-0.39, 0.29) is 6.71 Å². The van der Waals surface area contributed by atoms with Crippen molar-refractivity contribution in [2.75, 3.05) is 18.8 Å². The molecule has 2 N–H and O–H groups in total. The van der Waals surface area contributed by atoms with Gasteiger partial charge in [0.15, 0.2) is 5.13 Å². The van der Waals surface area contributed by atoms with E-state index < -0.39 is 0 Å². The van der Waals surface area contributed by atoms with Crippen LogP contribution in [0, 0.1) is 11.2 Å². The average Bonchev–Trinajstić information content (AvgIpc) is 2.65. The third kappa shape index (κ3) is 2.70. The first-order valence-electron chi connectivity index (χ1n) is 5.10. The van der Waals surface area contributed by atoms with Crippen LogP contribution in [0.4, 0.5) is 5.13 Å². The zero-order valence-corrected chi connectivity index (χ0v) is 9.33. The fourth-order valence-corrected chi connectivity index (χ4v) is 2.56. The topological polar surface area (TPSA) is 65.9 Å². The van der Waals surface area contributed by atoms with Crippen molar-refractivity contribution in [2.24, 2.45) is 0 Å². The van der Waals surface area contributed by atoms with Crippen LogP contribution in [0.25, 0.3) is 0 Å². The number of rotatable bonds is 2. The zero-order chi connectivity index (χ0) is 10.7. The number of aromatic nitrogens is 1. The summed E-state index contributed by atoms with van der Waals surface area (Å²) >= 11 is 1.55. The Morgan fingerprint density at radius 1 is 1.60 bits per heavy atom. The van der Waals surface area contributed by atoms with Crippen molar-refractivity contribution in [3.05, 3.63) is 11.1 Å². The number of nitrogens with two attached hydrogens (primary N) is 1. The van der Waals surface area contributed by atoms with Gasteiger partial charge in [0.25, 0.3) is 6.71 Å². The Kier molecular flexibility index (Phi) is 3.24. The van der Waals surface area contributed by atoms with Crippen LogP contribution in [0.5, 0.6) is 0 Å². The molecule has 78 valence electrons. The molecule has 2 heterocycles. The van der Waals surface area contributed by atoms with Crippen molar-refractivity contribution in [3.8, 4) is 5.97 Å². The summed E-state index contributed by atoms with van der Waals surface area (Å²) in [6, 6.07) is 0. The molecule has 6 heteroatoms. The van der Waals surface area contributed by atoms with Gasteiger partial charge in [-0.15, -0.1) is 11.3 Å². The van der Waals surface area contributed by atoms with Gasteiger partial charge >= 0.3 is 0 Å². The van der Waals surface area contributed by atoms with Crippen LogP contribution in [-0.4, -0.2) is 29.7 Å². The van der Waals surface area contributed by atoms with E-state index in [2.05, 4.69) is 15.9 Å². The Hall–Kier alpha value is -1.06. The Morgan fingerprint density at radius 2 is 2.33 bits per heavy atom. The van der Waals surface area contributed by atoms with Gasteiger partial charge in [-0.05, 0) is 25.7 Å². The number of thiazole rings is 1. The van der Waals surface area contributed by atoms with Gasteiger partial charge in [0.2, 0.25) is 0 Å². The summed E-state index contributed by atoms with van der Waals surface area (Å²) in [4.78, 5) is 7.60. The summed E-state index contributed by atoms with van der Waals surface area (Å²) < 4.78 is 0. The highest BCUT2D eigenvalue weighted by Gasteiger charge is 2.22. The molecule has 0 bridgehead atoms. The summed E-state index contributed by atoms with van der Waals surface area (Å²) in [6.07, 6.45) is 3.83. The van der Waals surface area contributed by atoms with E-state index in [4.69, 9.17) is 11.0 Å². The molecule has 0 aliphatic carbocycles. The predicted molar refractivity (Wildman–Crippen MR) is 62.8 cm³/mol. The van der Waals surface area contributed by atoms with Crippen LogP contribution >= 0.6 is 11.3 Å². The number of hydrogen-bond donors (Lipinski definition) is 1. The largest absolute Gasteiger partial charge is 0.375 e. The van der Waals surface area contributed by atoms with E-state index in [1.165, 1.54) is 4.88 Å². The number of nitriles is 1. The third-order valence-electron chi connectivity index (χ3n) is 2.72. The number of nitrogen functional groups attached to an aromatic ring is 1. The van der Waals surface area contributed by atoms with Crippen LogP contribution < -0.4 is 5.73 Å². The van der Waals surface area contributed by atoms with Gasteiger partial charge in [-0.1, -0.05) is 0 Å². The van der Waals surface area contributed by atoms with Gasteiger partial charge in [0.1, 0.15) is 0 Å². The fourth-order valence-electron chi connectivity index (χ4n) is 1.84. The second kappa shape index (κ2) is 4.64. The first kappa shape index (κ1) is 10.5. The first-order valence-corrected chi connectivity index (χ1v) is 5.91. The van der Waals surface area contributed by atoms with Crippen molar-refractivity contribution < 1.29 is 0 Å². The lowest BCUT2D eigenvalue weighted by Crippen LogP contribution is -2.35. The molecule has 1 saturated heterocycles. The normalized spacial score (nSPS) is 17.7. The summed E-state index contributed by atoms with van der Waals surface area (Å²) in [7, 11) is 0. The molecule has 2 rings (SSSR count). The molecule has 1 aliphatic heterocycles. The van der Waals surface area contributed by atoms with Crippen molar-refractivity contribution in [3.63, 3.8) is 0 Å². The number of hydrogen-bond acceptors (Lipinski definition) is 5. The van der Waals surface area contributed by atoms with Crippen molar-refractivity contribution >= 4 is 23.2 Å². The summed E-state index contributed by atoms with van der Waals surface area (Å²) in [5, 5.41) is 9.41. The molecule has 0 spiro atoms. The highest BCUT2D eigenvalue weighted by molar-refractivity contribution is 7.15. The zero-order valence-electron chi connectivity index (χ0n) is 8.52. The van der Waals surface area contributed by atoms with E-state index in [1.54, 1.807) is 11.3 Å². The van der Waals surface area contributed by atoms with E-state index in [1.807, 2.05) is 6.20 Å². The molecule has 1 aromatic rings.